The van der Waals surface area contributed by atoms with Crippen molar-refractivity contribution in [1.82, 2.24) is 4.90 Å². The van der Waals surface area contributed by atoms with Crippen LogP contribution in [0.5, 0.6) is 11.5 Å². The number of allylic oxidation sites excluding steroid dienone is 1. The topological polar surface area (TPSA) is 129 Å². The van der Waals surface area contributed by atoms with Crippen LogP contribution in [0.1, 0.15) is 81.3 Å². The highest BCUT2D eigenvalue weighted by Crippen LogP contribution is 2.62. The van der Waals surface area contributed by atoms with Gasteiger partial charge in [0.25, 0.3) is 0 Å². The van der Waals surface area contributed by atoms with Crippen molar-refractivity contribution in [3.63, 3.8) is 0 Å². The summed E-state index contributed by atoms with van der Waals surface area (Å²) >= 11 is 1.73. The van der Waals surface area contributed by atoms with Crippen LogP contribution in [0.2, 0.25) is 0 Å². The number of benzene rings is 3. The summed E-state index contributed by atoms with van der Waals surface area (Å²) in [7, 11) is 1.35. The summed E-state index contributed by atoms with van der Waals surface area (Å²) in [5.74, 6) is -0.407. The van der Waals surface area contributed by atoms with Crippen LogP contribution in [-0.2, 0) is 25.6 Å². The number of methoxy groups -OCH3 is 1. The lowest BCUT2D eigenvalue weighted by atomic mass is 9.55. The Morgan fingerprint density at radius 2 is 1.82 bits per heavy atom. The maximum atomic E-state index is 14.2. The molecule has 2 aliphatic carbocycles. The molecular weight excluding hydrogens is 812 g/mol. The predicted molar refractivity (Wildman–Crippen MR) is 237 cm³/mol. The number of aliphatic hydroxyl groups is 2. The van der Waals surface area contributed by atoms with E-state index >= 15 is 0 Å². The van der Waals surface area contributed by atoms with Gasteiger partial charge in [0.05, 0.1) is 38.6 Å². The molecular formula is C49H61FN2O9S. The fraction of sp³-hybridized carbons (Fsp3) is 0.510. The first kappa shape index (κ1) is 45.6. The number of rotatable bonds is 21. The average Bonchev–Trinajstić information content (AvgIpc) is 3.30. The van der Waals surface area contributed by atoms with Crippen molar-refractivity contribution in [1.29, 1.82) is 0 Å². The molecule has 62 heavy (non-hydrogen) atoms. The third kappa shape index (κ3) is 10.7. The number of oxime groups is 1. The number of carbonyl (C=O) groups is 1. The Labute approximate surface area is 369 Å². The second-order valence-corrected chi connectivity index (χ2v) is 17.6. The molecule has 1 unspecified atom stereocenters. The number of aliphatic hydroxyl groups excluding tert-OH is 2. The number of halogens is 1. The minimum absolute atomic E-state index is 0.0403. The Morgan fingerprint density at radius 3 is 2.55 bits per heavy atom. The third-order valence-electron chi connectivity index (χ3n) is 12.5. The van der Waals surface area contributed by atoms with Gasteiger partial charge in [-0.1, -0.05) is 60.5 Å². The Kier molecular flexibility index (Phi) is 16.4. The number of amides is 1. The van der Waals surface area contributed by atoms with Crippen molar-refractivity contribution in [2.45, 2.75) is 99.7 Å². The summed E-state index contributed by atoms with van der Waals surface area (Å²) in [4.78, 5) is 23.2. The van der Waals surface area contributed by atoms with Gasteiger partial charge in [-0.2, -0.15) is 0 Å². The van der Waals surface area contributed by atoms with Crippen LogP contribution in [0, 0.1) is 23.6 Å². The summed E-state index contributed by atoms with van der Waals surface area (Å²) in [6, 6.07) is 21.5. The summed E-state index contributed by atoms with van der Waals surface area (Å²) in [6.45, 7) is 5.46. The van der Waals surface area contributed by atoms with Gasteiger partial charge >= 0.3 is 6.09 Å². The SMILES string of the molecule is C=CCO[C@@]12Oc3ccc(OCCSc4ccccc4)cc3[C@H]3[C@H](CCCCO)[C@@H](CCCCO)C=C(C(=NOC4CCCCO4)C[C@@H]1N(Cc1ccc(F)cc1)C(=O)OC)[C@H]32. The number of thioether (sulfide) groups is 1. The minimum atomic E-state index is -1.48. The van der Waals surface area contributed by atoms with Gasteiger partial charge in [-0.15, -0.1) is 18.3 Å². The molecule has 11 nitrogen and oxygen atoms in total. The summed E-state index contributed by atoms with van der Waals surface area (Å²) in [6.07, 6.45) is 10.2. The molecule has 0 bridgehead atoms. The molecule has 0 spiro atoms. The first-order valence-corrected chi connectivity index (χ1v) is 23.1. The van der Waals surface area contributed by atoms with Crippen molar-refractivity contribution in [2.75, 3.05) is 45.9 Å². The molecule has 1 amide bonds. The van der Waals surface area contributed by atoms with Crippen LogP contribution >= 0.6 is 11.8 Å². The zero-order valence-corrected chi connectivity index (χ0v) is 36.5. The van der Waals surface area contributed by atoms with E-state index < -0.39 is 30.1 Å². The van der Waals surface area contributed by atoms with Crippen LogP contribution < -0.4 is 9.47 Å². The quantitative estimate of drug-likeness (QED) is 0.0463. The molecule has 3 aromatic carbocycles. The van der Waals surface area contributed by atoms with Crippen LogP contribution in [0.25, 0.3) is 0 Å². The molecule has 1 saturated heterocycles. The summed E-state index contributed by atoms with van der Waals surface area (Å²) in [5, 5.41) is 24.8. The van der Waals surface area contributed by atoms with E-state index in [0.29, 0.717) is 55.3 Å². The van der Waals surface area contributed by atoms with E-state index in [1.807, 2.05) is 30.3 Å². The Balaban J connectivity index is 1.38. The zero-order valence-electron chi connectivity index (χ0n) is 35.7. The molecule has 7 rings (SSSR count). The largest absolute Gasteiger partial charge is 0.493 e. The third-order valence-corrected chi connectivity index (χ3v) is 13.5. The van der Waals surface area contributed by atoms with Gasteiger partial charge in [0.1, 0.15) is 23.4 Å². The molecule has 2 fully saturated rings. The zero-order chi connectivity index (χ0) is 43.3. The van der Waals surface area contributed by atoms with Gasteiger partial charge in [-0.25, -0.2) is 9.18 Å². The van der Waals surface area contributed by atoms with Crippen molar-refractivity contribution in [3.8, 4) is 11.5 Å². The lowest BCUT2D eigenvalue weighted by Crippen LogP contribution is -2.70. The maximum absolute atomic E-state index is 14.2. The average molecular weight is 873 g/mol. The molecule has 334 valence electrons. The fourth-order valence-electron chi connectivity index (χ4n) is 9.70. The van der Waals surface area contributed by atoms with Gasteiger partial charge in [0, 0.05) is 54.7 Å². The van der Waals surface area contributed by atoms with Crippen LogP contribution in [-0.4, -0.2) is 90.9 Å². The van der Waals surface area contributed by atoms with E-state index in [4.69, 9.17) is 33.7 Å². The van der Waals surface area contributed by atoms with E-state index in [9.17, 15) is 19.4 Å². The molecule has 13 heteroatoms. The fourth-order valence-corrected chi connectivity index (χ4v) is 10.4. The van der Waals surface area contributed by atoms with Crippen molar-refractivity contribution >= 4 is 23.6 Å². The normalized spacial score (nSPS) is 25.7. The number of hydrogen-bond donors (Lipinski definition) is 2. The molecule has 7 atom stereocenters. The lowest BCUT2D eigenvalue weighted by Gasteiger charge is -2.59. The molecule has 1 saturated carbocycles. The van der Waals surface area contributed by atoms with Gasteiger partial charge < -0.3 is 38.7 Å². The summed E-state index contributed by atoms with van der Waals surface area (Å²) in [5.41, 5.74) is 3.23. The first-order chi connectivity index (χ1) is 30.4. The number of unbranched alkanes of at least 4 members (excludes halogenated alkanes) is 2. The van der Waals surface area contributed by atoms with Crippen LogP contribution in [0.15, 0.2) is 107 Å². The van der Waals surface area contributed by atoms with E-state index in [1.54, 1.807) is 34.9 Å². The molecule has 2 aliphatic heterocycles. The van der Waals surface area contributed by atoms with Gasteiger partial charge in [-0.05, 0) is 104 Å². The summed E-state index contributed by atoms with van der Waals surface area (Å²) < 4.78 is 46.5. The van der Waals surface area contributed by atoms with Crippen LogP contribution in [0.3, 0.4) is 0 Å². The number of fused-ring (bicyclic) bond motifs is 2. The Bertz CT molecular complexity index is 1980. The van der Waals surface area contributed by atoms with Crippen molar-refractivity contribution in [2.24, 2.45) is 22.9 Å². The first-order valence-electron chi connectivity index (χ1n) is 22.1. The second kappa shape index (κ2) is 22.3. The minimum Gasteiger partial charge on any atom is -0.493 e. The number of hydrogen-bond acceptors (Lipinski definition) is 11. The number of carbonyl (C=O) groups excluding carboxylic acids is 1. The standard InChI is InChI=1S/C49H61FN2O9S/c1-3-26-59-49-44(52(48(55)56-2)33-34-18-20-36(50)21-19-34)32-42(51-61-45-17-9-12-27-58-45)40-30-35(13-7-10-24-53)39(16-8-11-25-54)46(47(40)49)41-31-37(22-23-43(41)60-49)57-28-29-62-38-14-5-4-6-15-38/h3-6,14-15,18-23,30-31,35,39,44-47,53-54H,1,7-13,16-17,24-29,32-33H2,2H3/t35-,39+,44-,45?,46+,47+,49+/m0/s1. The van der Waals surface area contributed by atoms with Gasteiger partial charge in [0.15, 0.2) is 0 Å². The smallest absolute Gasteiger partial charge is 0.410 e. The predicted octanol–water partition coefficient (Wildman–Crippen LogP) is 9.43. The van der Waals surface area contributed by atoms with E-state index in [1.165, 1.54) is 24.1 Å². The Hall–Kier alpha value is -4.40. The maximum Gasteiger partial charge on any atom is 0.410 e. The van der Waals surface area contributed by atoms with Crippen LogP contribution in [0.4, 0.5) is 9.18 Å². The highest BCUT2D eigenvalue weighted by molar-refractivity contribution is 7.99. The van der Waals surface area contributed by atoms with Crippen molar-refractivity contribution in [3.05, 3.63) is 114 Å². The van der Waals surface area contributed by atoms with Gasteiger partial charge in [-0.3, -0.25) is 4.90 Å². The van der Waals surface area contributed by atoms with E-state index in [-0.39, 0.29) is 56.4 Å². The molecule has 0 aromatic heterocycles. The number of nitrogens with zero attached hydrogens (tertiary/aromatic N) is 2. The van der Waals surface area contributed by atoms with E-state index in [0.717, 1.165) is 55.4 Å². The molecule has 3 aromatic rings. The molecule has 2 N–H and O–H groups in total. The van der Waals surface area contributed by atoms with Crippen molar-refractivity contribution < 1.29 is 47.9 Å². The highest BCUT2D eigenvalue weighted by atomic mass is 32.2. The highest BCUT2D eigenvalue weighted by Gasteiger charge is 2.65. The van der Waals surface area contributed by atoms with E-state index in [2.05, 4.69) is 30.9 Å². The second-order valence-electron chi connectivity index (χ2n) is 16.4. The monoisotopic (exact) mass is 872 g/mol. The Morgan fingerprint density at radius 1 is 1.03 bits per heavy atom. The molecule has 4 aliphatic rings. The molecule has 0 radical (unpaired) electrons. The number of ether oxygens (including phenoxy) is 5. The lowest BCUT2D eigenvalue weighted by molar-refractivity contribution is -0.256. The molecule has 2 heterocycles. The van der Waals surface area contributed by atoms with Gasteiger partial charge in [0.2, 0.25) is 12.1 Å².